The first kappa shape index (κ1) is 29.4. The Morgan fingerprint density at radius 3 is 1.80 bits per heavy atom. The summed E-state index contributed by atoms with van der Waals surface area (Å²) in [5, 5.41) is 8.45. The van der Waals surface area contributed by atoms with E-state index in [2.05, 4.69) is 84.9 Å². The third kappa shape index (κ3) is 5.44. The predicted octanol–water partition coefficient (Wildman–Crippen LogP) is 15.8. The van der Waals surface area contributed by atoms with Gasteiger partial charge in [0.05, 0.1) is 22.2 Å². The summed E-state index contributed by atoms with van der Waals surface area (Å²) in [5.41, 5.74) is 8.98. The summed E-state index contributed by atoms with van der Waals surface area (Å²) in [6.45, 7) is 0. The van der Waals surface area contributed by atoms with Crippen LogP contribution in [0.4, 0.5) is 17.1 Å². The molecule has 12 aromatic rings. The summed E-state index contributed by atoms with van der Waals surface area (Å²) >= 11 is 0. The fourth-order valence-corrected chi connectivity index (χ4v) is 8.84. The molecule has 3 nitrogen and oxygen atoms in total. The van der Waals surface area contributed by atoms with Crippen LogP contribution in [0.25, 0.3) is 93.2 Å². The van der Waals surface area contributed by atoms with Gasteiger partial charge >= 0.3 is 0 Å². The third-order valence-electron chi connectivity index (χ3n) is 11.6. The lowest BCUT2D eigenvalue weighted by Crippen LogP contribution is -2.11. The van der Waals surface area contributed by atoms with E-state index in [1.54, 1.807) is 0 Å². The van der Waals surface area contributed by atoms with Crippen molar-refractivity contribution in [2.75, 3.05) is 4.90 Å². The second-order valence-electron chi connectivity index (χ2n) is 15.0. The van der Waals surface area contributed by atoms with Crippen molar-refractivity contribution >= 4 is 82.4 Å². The number of hydrogen-bond donors (Lipinski definition) is 0. The molecule has 12 rings (SSSR count). The summed E-state index contributed by atoms with van der Waals surface area (Å²) in [6, 6.07) is 64.9. The Hall–Kier alpha value is -7.88. The Labute approximate surface area is 346 Å². The molecule has 0 fully saturated rings. The topological polar surface area (TPSA) is 21.3 Å². The van der Waals surface area contributed by atoms with Gasteiger partial charge in [-0.15, -0.1) is 0 Å². The van der Waals surface area contributed by atoms with Gasteiger partial charge in [0.15, 0.2) is 0 Å². The highest BCUT2D eigenvalue weighted by Gasteiger charge is 2.19. The van der Waals surface area contributed by atoms with Gasteiger partial charge in [-0.05, 0) is 118 Å². The first-order chi connectivity index (χ1) is 30.9. The maximum Gasteiger partial charge on any atom is 0.143 e. The predicted molar refractivity (Wildman–Crippen MR) is 249 cm³/mol. The lowest BCUT2D eigenvalue weighted by molar-refractivity contribution is 0.672. The van der Waals surface area contributed by atoms with E-state index in [-0.39, 0.29) is 35.5 Å². The Kier molecular flexibility index (Phi) is 6.65. The molecule has 0 aliphatic heterocycles. The molecule has 276 valence electrons. The molecular weight excluding hydrogens is 717 g/mol. The number of fused-ring (bicyclic) bond motifs is 9. The molecule has 2 heterocycles. The summed E-state index contributed by atoms with van der Waals surface area (Å²) in [4.78, 5) is 1.89. The van der Waals surface area contributed by atoms with Gasteiger partial charge in [-0.25, -0.2) is 0 Å². The van der Waals surface area contributed by atoms with Crippen molar-refractivity contribution in [1.82, 2.24) is 4.57 Å². The van der Waals surface area contributed by atoms with Gasteiger partial charge in [0, 0.05) is 49.6 Å². The monoisotopic (exact) mass is 756 g/mol. The minimum Gasteiger partial charge on any atom is -0.455 e. The highest BCUT2D eigenvalue weighted by atomic mass is 16.3. The molecular formula is C56H36N2O. The van der Waals surface area contributed by atoms with Crippen LogP contribution in [0.2, 0.25) is 0 Å². The largest absolute Gasteiger partial charge is 0.455 e. The van der Waals surface area contributed by atoms with Crippen molar-refractivity contribution in [2.45, 2.75) is 0 Å². The van der Waals surface area contributed by atoms with E-state index in [4.69, 9.17) is 4.42 Å². The number of aromatic nitrogens is 1. The second-order valence-corrected chi connectivity index (χ2v) is 15.0. The number of furan rings is 1. The standard InChI is InChI=1S/C56H36N2O/c1-2-12-39-35-40(22-21-37(39)11-1)38-23-27-43(28-24-38)57(44-29-31-45(32-30-44)58-53-18-8-4-14-48(53)49-15-5-9-19-54(49)58)52-17-7-3-13-46(52)41-25-33-47-42(36-41)26-34-51-50-16-6-10-20-55(50)59-56(47)51/h1-36H/i29D,30D,31D,32D. The Morgan fingerprint density at radius 2 is 1.00 bits per heavy atom. The van der Waals surface area contributed by atoms with Crippen LogP contribution in [-0.2, 0) is 0 Å². The van der Waals surface area contributed by atoms with E-state index in [9.17, 15) is 5.48 Å². The van der Waals surface area contributed by atoms with Crippen LogP contribution < -0.4 is 4.90 Å². The zero-order valence-electron chi connectivity index (χ0n) is 35.8. The van der Waals surface area contributed by atoms with Crippen LogP contribution in [0.3, 0.4) is 0 Å². The van der Waals surface area contributed by atoms with Crippen LogP contribution in [0.1, 0.15) is 5.48 Å². The molecule has 0 unspecified atom stereocenters. The van der Waals surface area contributed by atoms with E-state index < -0.39 is 0 Å². The fourth-order valence-electron chi connectivity index (χ4n) is 8.84. The van der Waals surface area contributed by atoms with E-state index >= 15 is 0 Å². The normalized spacial score (nSPS) is 12.7. The molecule has 0 aliphatic carbocycles. The molecule has 0 atom stereocenters. The summed E-state index contributed by atoms with van der Waals surface area (Å²) in [5.74, 6) is 0. The number of para-hydroxylation sites is 4. The van der Waals surface area contributed by atoms with Crippen LogP contribution in [-0.4, -0.2) is 4.57 Å². The second kappa shape index (κ2) is 13.4. The van der Waals surface area contributed by atoms with Crippen molar-refractivity contribution in [2.24, 2.45) is 0 Å². The van der Waals surface area contributed by atoms with Crippen molar-refractivity contribution in [1.29, 1.82) is 0 Å². The molecule has 0 bridgehead atoms. The van der Waals surface area contributed by atoms with Gasteiger partial charge < -0.3 is 13.9 Å². The average molecular weight is 757 g/mol. The number of anilines is 3. The highest BCUT2D eigenvalue weighted by Crippen LogP contribution is 2.44. The van der Waals surface area contributed by atoms with Gasteiger partial charge in [-0.2, -0.15) is 0 Å². The first-order valence-corrected chi connectivity index (χ1v) is 19.8. The minimum atomic E-state index is -0.146. The quantitative estimate of drug-likeness (QED) is 0.168. The molecule has 0 saturated heterocycles. The van der Waals surface area contributed by atoms with Gasteiger partial charge in [-0.3, -0.25) is 0 Å². The van der Waals surface area contributed by atoms with Crippen molar-refractivity contribution in [3.8, 4) is 27.9 Å². The maximum atomic E-state index is 9.82. The van der Waals surface area contributed by atoms with E-state index in [0.717, 1.165) is 82.2 Å². The molecule has 0 aliphatic rings. The highest BCUT2D eigenvalue weighted by molar-refractivity contribution is 6.15. The molecule has 2 aromatic heterocycles. The molecule has 10 aromatic carbocycles. The first-order valence-electron chi connectivity index (χ1n) is 21.8. The number of rotatable bonds is 6. The fraction of sp³-hybridized carbons (Fsp3) is 0. The SMILES string of the molecule is [2H]c1c([2H])c(-n2c3ccccc3c3ccccc32)c([2H])c([2H])c1N(c1ccc(-c2ccc3ccccc3c2)cc1)c1ccccc1-c1ccc2c(ccc3c4ccccc4oc23)c1. The summed E-state index contributed by atoms with van der Waals surface area (Å²) in [6.07, 6.45) is 0. The van der Waals surface area contributed by atoms with Crippen molar-refractivity contribution < 1.29 is 9.90 Å². The maximum absolute atomic E-state index is 9.82. The molecule has 3 heteroatoms. The Balaban J connectivity index is 1.06. The van der Waals surface area contributed by atoms with Crippen molar-refractivity contribution in [3.05, 3.63) is 218 Å². The van der Waals surface area contributed by atoms with E-state index in [1.807, 2.05) is 119 Å². The molecule has 0 N–H and O–H groups in total. The van der Waals surface area contributed by atoms with Crippen LogP contribution in [0.5, 0.6) is 0 Å². The van der Waals surface area contributed by atoms with Crippen molar-refractivity contribution in [3.63, 3.8) is 0 Å². The smallest absolute Gasteiger partial charge is 0.143 e. The van der Waals surface area contributed by atoms with Crippen LogP contribution in [0.15, 0.2) is 223 Å². The van der Waals surface area contributed by atoms with Gasteiger partial charge in [0.2, 0.25) is 0 Å². The minimum absolute atomic E-state index is 0.131. The zero-order valence-corrected chi connectivity index (χ0v) is 31.8. The number of nitrogens with zero attached hydrogens (tertiary/aromatic N) is 2. The summed E-state index contributed by atoms with van der Waals surface area (Å²) in [7, 11) is 0. The van der Waals surface area contributed by atoms with E-state index in [0.29, 0.717) is 11.4 Å². The van der Waals surface area contributed by atoms with Crippen LogP contribution in [0, 0.1) is 0 Å². The Morgan fingerprint density at radius 1 is 0.407 bits per heavy atom. The van der Waals surface area contributed by atoms with Crippen LogP contribution >= 0.6 is 0 Å². The average Bonchev–Trinajstić information content (AvgIpc) is 3.88. The molecule has 0 saturated carbocycles. The number of hydrogen-bond acceptors (Lipinski definition) is 2. The van der Waals surface area contributed by atoms with Gasteiger partial charge in [0.1, 0.15) is 11.2 Å². The van der Waals surface area contributed by atoms with Gasteiger partial charge in [0.25, 0.3) is 0 Å². The summed E-state index contributed by atoms with van der Waals surface area (Å²) < 4.78 is 47.3. The molecule has 0 spiro atoms. The van der Waals surface area contributed by atoms with Gasteiger partial charge in [-0.1, -0.05) is 133 Å². The molecule has 0 radical (unpaired) electrons. The lowest BCUT2D eigenvalue weighted by atomic mass is 9.97. The third-order valence-corrected chi connectivity index (χ3v) is 11.6. The van der Waals surface area contributed by atoms with E-state index in [1.165, 1.54) is 5.39 Å². The number of benzene rings is 10. The molecule has 0 amide bonds. The molecule has 59 heavy (non-hydrogen) atoms. The zero-order chi connectivity index (χ0) is 42.3. The lowest BCUT2D eigenvalue weighted by Gasteiger charge is -2.28. The Bertz CT molecular complexity index is 3730.